The highest BCUT2D eigenvalue weighted by atomic mass is 32.1. The van der Waals surface area contributed by atoms with Crippen molar-refractivity contribution < 1.29 is 0 Å². The van der Waals surface area contributed by atoms with E-state index < -0.39 is 0 Å². The van der Waals surface area contributed by atoms with Crippen molar-refractivity contribution in [3.8, 4) is 33.4 Å². The lowest BCUT2D eigenvalue weighted by atomic mass is 9.43. The van der Waals surface area contributed by atoms with Crippen LogP contribution in [0.25, 0.3) is 64.3 Å². The summed E-state index contributed by atoms with van der Waals surface area (Å²) in [7, 11) is 0. The molecular formula is C60H49BN2S. The van der Waals surface area contributed by atoms with E-state index in [1.807, 2.05) is 11.3 Å². The Labute approximate surface area is 381 Å². The third-order valence-corrected chi connectivity index (χ3v) is 15.0. The quantitative estimate of drug-likeness (QED) is 0.163. The first-order chi connectivity index (χ1) is 31.0. The maximum atomic E-state index is 2.69. The molecule has 3 heterocycles. The van der Waals surface area contributed by atoms with Crippen molar-refractivity contribution in [2.75, 3.05) is 9.71 Å². The van der Waals surface area contributed by atoms with Gasteiger partial charge < -0.3 is 9.71 Å². The summed E-state index contributed by atoms with van der Waals surface area (Å²) in [6, 6.07) is 71.1. The van der Waals surface area contributed by atoms with E-state index in [0.717, 1.165) is 0 Å². The average Bonchev–Trinajstić information content (AvgIpc) is 3.70. The topological polar surface area (TPSA) is 6.48 Å². The van der Waals surface area contributed by atoms with Gasteiger partial charge >= 0.3 is 6.85 Å². The van der Waals surface area contributed by atoms with Crippen LogP contribution in [-0.4, -0.2) is 6.85 Å². The molecule has 0 bridgehead atoms. The van der Waals surface area contributed by atoms with E-state index in [2.05, 4.69) is 239 Å². The molecule has 0 saturated carbocycles. The molecule has 0 atom stereocenters. The predicted molar refractivity (Wildman–Crippen MR) is 279 cm³/mol. The van der Waals surface area contributed by atoms with Crippen molar-refractivity contribution >= 4 is 88.5 Å². The zero-order chi connectivity index (χ0) is 43.5. The summed E-state index contributed by atoms with van der Waals surface area (Å²) >= 11 is 1.94. The van der Waals surface area contributed by atoms with Crippen LogP contribution in [0.2, 0.25) is 0 Å². The van der Waals surface area contributed by atoms with Crippen LogP contribution in [0.15, 0.2) is 188 Å². The highest BCUT2D eigenvalue weighted by Gasteiger charge is 2.47. The van der Waals surface area contributed by atoms with Crippen LogP contribution < -0.4 is 20.6 Å². The third-order valence-electron chi connectivity index (χ3n) is 13.7. The minimum Gasteiger partial charge on any atom is -0.376 e. The molecule has 0 spiro atoms. The van der Waals surface area contributed by atoms with Crippen molar-refractivity contribution in [1.82, 2.24) is 0 Å². The van der Waals surface area contributed by atoms with Crippen LogP contribution in [-0.2, 0) is 10.8 Å². The van der Waals surface area contributed by atoms with Gasteiger partial charge in [-0.05, 0) is 109 Å². The lowest BCUT2D eigenvalue weighted by Crippen LogP contribution is -2.61. The normalized spacial score (nSPS) is 13.4. The first-order valence-corrected chi connectivity index (χ1v) is 23.4. The number of anilines is 5. The number of hydrogen-bond donors (Lipinski definition) is 0. The number of hydrogen-bond acceptors (Lipinski definition) is 3. The Morgan fingerprint density at radius 3 is 1.80 bits per heavy atom. The molecule has 64 heavy (non-hydrogen) atoms. The van der Waals surface area contributed by atoms with Gasteiger partial charge in [0.2, 0.25) is 0 Å². The largest absolute Gasteiger partial charge is 0.376 e. The molecule has 0 amide bonds. The Balaban J connectivity index is 1.26. The number of fused-ring (bicyclic) bond motifs is 10. The zero-order valence-electron chi connectivity index (χ0n) is 37.3. The summed E-state index contributed by atoms with van der Waals surface area (Å²) < 4.78 is 2.65. The van der Waals surface area contributed by atoms with Gasteiger partial charge in [0.1, 0.15) is 0 Å². The standard InChI is InChI=1S/C60H49BN2S/c1-59(2,3)42-26-29-44(30-27-42)63-53-36-40(38-17-9-7-10-18-38)25-31-46(53)50-35-41-21-13-14-22-45(41)57-55(50)61(63)56-52(34-32-48-47-23-15-16-24-54(47)64-58(48)56)62(57)51-33-28-43(60(4,5)6)37-49(51)39-19-11-8-12-20-39/h7-37H,1-6H3. The number of thiophene rings is 1. The molecule has 2 nitrogen and oxygen atoms in total. The Bertz CT molecular complexity index is 3460. The smallest absolute Gasteiger partial charge is 0.334 e. The monoisotopic (exact) mass is 840 g/mol. The van der Waals surface area contributed by atoms with Gasteiger partial charge in [-0.1, -0.05) is 181 Å². The maximum absolute atomic E-state index is 2.69. The van der Waals surface area contributed by atoms with Gasteiger partial charge in [0, 0.05) is 53.7 Å². The second-order valence-corrected chi connectivity index (χ2v) is 20.8. The molecule has 1 aromatic heterocycles. The first kappa shape index (κ1) is 38.8. The van der Waals surface area contributed by atoms with Crippen molar-refractivity contribution in [2.24, 2.45) is 0 Å². The van der Waals surface area contributed by atoms with E-state index in [1.54, 1.807) is 0 Å². The number of nitrogens with zero attached hydrogens (tertiary/aromatic N) is 2. The van der Waals surface area contributed by atoms with Gasteiger partial charge in [-0.15, -0.1) is 11.3 Å². The van der Waals surface area contributed by atoms with Gasteiger partial charge in [-0.25, -0.2) is 0 Å². The summed E-state index contributed by atoms with van der Waals surface area (Å²) in [5, 5.41) is 5.10. The number of benzene rings is 9. The molecule has 2 aliphatic rings. The Morgan fingerprint density at radius 2 is 1.06 bits per heavy atom. The second-order valence-electron chi connectivity index (χ2n) is 19.7. The lowest BCUT2D eigenvalue weighted by Gasteiger charge is -2.47. The fourth-order valence-corrected chi connectivity index (χ4v) is 11.7. The van der Waals surface area contributed by atoms with E-state index in [0.29, 0.717) is 0 Å². The van der Waals surface area contributed by atoms with Crippen LogP contribution in [0.5, 0.6) is 0 Å². The highest BCUT2D eigenvalue weighted by molar-refractivity contribution is 7.27. The van der Waals surface area contributed by atoms with Crippen LogP contribution in [0.4, 0.5) is 28.4 Å². The third kappa shape index (κ3) is 6.00. The van der Waals surface area contributed by atoms with E-state index in [1.165, 1.54) is 115 Å². The fraction of sp³-hybridized carbons (Fsp3) is 0.133. The first-order valence-electron chi connectivity index (χ1n) is 22.6. The number of rotatable bonds is 4. The van der Waals surface area contributed by atoms with Gasteiger partial charge in [-0.3, -0.25) is 0 Å². The zero-order valence-corrected chi connectivity index (χ0v) is 38.1. The molecule has 308 valence electrons. The van der Waals surface area contributed by atoms with Crippen LogP contribution >= 0.6 is 11.3 Å². The Kier molecular flexibility index (Phi) is 8.68. The summed E-state index contributed by atoms with van der Waals surface area (Å²) in [4.78, 5) is 5.34. The van der Waals surface area contributed by atoms with Gasteiger partial charge in [0.05, 0.1) is 11.4 Å². The molecule has 12 rings (SSSR count). The minimum atomic E-state index is -0.134. The molecule has 2 aliphatic heterocycles. The molecule has 0 aliphatic carbocycles. The maximum Gasteiger partial charge on any atom is 0.334 e. The lowest BCUT2D eigenvalue weighted by molar-refractivity contribution is 0.590. The predicted octanol–water partition coefficient (Wildman–Crippen LogP) is 15.8. The van der Waals surface area contributed by atoms with Crippen molar-refractivity contribution in [1.29, 1.82) is 0 Å². The van der Waals surface area contributed by atoms with Crippen molar-refractivity contribution in [3.63, 3.8) is 0 Å². The molecule has 0 unspecified atom stereocenters. The molecule has 0 radical (unpaired) electrons. The highest BCUT2D eigenvalue weighted by Crippen LogP contribution is 2.53. The van der Waals surface area contributed by atoms with Crippen LogP contribution in [0.3, 0.4) is 0 Å². The summed E-state index contributed by atoms with van der Waals surface area (Å²) in [5.74, 6) is 0. The van der Waals surface area contributed by atoms with E-state index in [4.69, 9.17) is 0 Å². The molecule has 0 N–H and O–H groups in total. The Hall–Kier alpha value is -6.88. The van der Waals surface area contributed by atoms with Crippen molar-refractivity contribution in [2.45, 2.75) is 52.4 Å². The van der Waals surface area contributed by atoms with Crippen molar-refractivity contribution in [3.05, 3.63) is 199 Å². The minimum absolute atomic E-state index is 0.0255. The average molecular weight is 841 g/mol. The Morgan fingerprint density at radius 1 is 0.422 bits per heavy atom. The fourth-order valence-electron chi connectivity index (χ4n) is 10.5. The summed E-state index contributed by atoms with van der Waals surface area (Å²) in [6.07, 6.45) is 0. The summed E-state index contributed by atoms with van der Waals surface area (Å²) in [6.45, 7) is 13.7. The molecule has 9 aromatic carbocycles. The SMILES string of the molecule is CC(C)(C)c1ccc(N2B3c4c(cc5ccccc5c4N(c4ccc(C(C)(C)C)cc4-c4ccccc4)c4ccc5c(sc6ccccc65)c43)-c3ccc(-c4ccccc4)cc32)cc1. The van der Waals surface area contributed by atoms with Crippen LogP contribution in [0.1, 0.15) is 52.7 Å². The van der Waals surface area contributed by atoms with Gasteiger partial charge in [0.15, 0.2) is 0 Å². The van der Waals surface area contributed by atoms with Gasteiger partial charge in [-0.2, -0.15) is 0 Å². The van der Waals surface area contributed by atoms with E-state index in [-0.39, 0.29) is 17.7 Å². The summed E-state index contributed by atoms with van der Waals surface area (Å²) in [5.41, 5.74) is 18.8. The second kappa shape index (κ2) is 14.3. The molecule has 10 aromatic rings. The molecule has 4 heteroatoms. The van der Waals surface area contributed by atoms with Crippen LogP contribution in [0, 0.1) is 0 Å². The molecular weight excluding hydrogens is 792 g/mol. The van der Waals surface area contributed by atoms with Gasteiger partial charge in [0.25, 0.3) is 0 Å². The van der Waals surface area contributed by atoms with E-state index in [9.17, 15) is 0 Å². The van der Waals surface area contributed by atoms with E-state index >= 15 is 0 Å². The molecule has 0 saturated heterocycles. The molecule has 0 fully saturated rings.